The molecular formula is C12H8FN3O4. The quantitative estimate of drug-likeness (QED) is 0.658. The van der Waals surface area contributed by atoms with Crippen molar-refractivity contribution in [2.75, 3.05) is 0 Å². The van der Waals surface area contributed by atoms with Crippen LogP contribution in [0.2, 0.25) is 0 Å². The van der Waals surface area contributed by atoms with Gasteiger partial charge in [0.1, 0.15) is 5.82 Å². The lowest BCUT2D eigenvalue weighted by molar-refractivity contribution is -0.384. The summed E-state index contributed by atoms with van der Waals surface area (Å²) >= 11 is 0. The van der Waals surface area contributed by atoms with E-state index in [-0.39, 0.29) is 17.7 Å². The molecule has 1 aromatic carbocycles. The molecule has 20 heavy (non-hydrogen) atoms. The number of aromatic hydroxyl groups is 2. The zero-order valence-corrected chi connectivity index (χ0v) is 9.95. The molecule has 0 spiro atoms. The molecule has 1 heterocycles. The number of non-ortho nitro benzene ring substituents is 1. The molecule has 0 saturated heterocycles. The Hall–Kier alpha value is -3.08. The first-order valence-corrected chi connectivity index (χ1v) is 5.39. The smallest absolute Gasteiger partial charge is 0.271 e. The van der Waals surface area contributed by atoms with Gasteiger partial charge >= 0.3 is 0 Å². The van der Waals surface area contributed by atoms with Crippen molar-refractivity contribution in [2.45, 2.75) is 6.42 Å². The second-order valence-electron chi connectivity index (χ2n) is 3.91. The highest BCUT2D eigenvalue weighted by atomic mass is 19.1. The summed E-state index contributed by atoms with van der Waals surface area (Å²) < 4.78 is 14.4. The van der Waals surface area contributed by atoms with E-state index >= 15 is 0 Å². The summed E-state index contributed by atoms with van der Waals surface area (Å²) in [6.45, 7) is 0. The standard InChI is InChI=1S/C12H8FN3O4/c13-9-2-1-8(16(19)20)6-10(9)15-11(17)5-7(3-4-14)12(15)18/h1-2,5-6,17-18H,3H2. The fourth-order valence-electron chi connectivity index (χ4n) is 1.78. The molecule has 0 bridgehead atoms. The number of nitro groups is 1. The molecule has 0 aliphatic heterocycles. The maximum absolute atomic E-state index is 13.7. The summed E-state index contributed by atoms with van der Waals surface area (Å²) in [4.78, 5) is 9.95. The summed E-state index contributed by atoms with van der Waals surface area (Å²) in [6.07, 6.45) is -0.192. The van der Waals surface area contributed by atoms with E-state index in [4.69, 9.17) is 5.26 Å². The van der Waals surface area contributed by atoms with Crippen LogP contribution in [0.3, 0.4) is 0 Å². The number of halogens is 1. The predicted molar refractivity (Wildman–Crippen MR) is 65.0 cm³/mol. The van der Waals surface area contributed by atoms with Crippen molar-refractivity contribution in [3.05, 3.63) is 45.8 Å². The minimum atomic E-state index is -0.861. The van der Waals surface area contributed by atoms with E-state index < -0.39 is 28.2 Å². The molecule has 0 amide bonds. The molecule has 0 saturated carbocycles. The van der Waals surface area contributed by atoms with Crippen molar-refractivity contribution in [1.29, 1.82) is 5.26 Å². The first kappa shape index (κ1) is 13.4. The molecule has 2 N–H and O–H groups in total. The lowest BCUT2D eigenvalue weighted by Crippen LogP contribution is -1.99. The maximum atomic E-state index is 13.7. The summed E-state index contributed by atoms with van der Waals surface area (Å²) in [6, 6.07) is 5.57. The summed E-state index contributed by atoms with van der Waals surface area (Å²) in [7, 11) is 0. The first-order valence-electron chi connectivity index (χ1n) is 5.39. The van der Waals surface area contributed by atoms with Crippen LogP contribution in [0.1, 0.15) is 5.56 Å². The molecule has 7 nitrogen and oxygen atoms in total. The van der Waals surface area contributed by atoms with Gasteiger partial charge in [0.2, 0.25) is 5.88 Å². The normalized spacial score (nSPS) is 10.2. The van der Waals surface area contributed by atoms with Gasteiger partial charge in [-0.25, -0.2) is 8.96 Å². The molecule has 0 radical (unpaired) electrons. The number of hydrogen-bond acceptors (Lipinski definition) is 5. The largest absolute Gasteiger partial charge is 0.494 e. The lowest BCUT2D eigenvalue weighted by Gasteiger charge is -2.08. The van der Waals surface area contributed by atoms with Gasteiger partial charge in [-0.3, -0.25) is 10.1 Å². The summed E-state index contributed by atoms with van der Waals surface area (Å²) in [5.74, 6) is -1.92. The Kier molecular flexibility index (Phi) is 3.27. The van der Waals surface area contributed by atoms with Crippen LogP contribution in [0.5, 0.6) is 11.8 Å². The van der Waals surface area contributed by atoms with Crippen LogP contribution in [0.4, 0.5) is 10.1 Å². The molecule has 0 unspecified atom stereocenters. The van der Waals surface area contributed by atoms with Gasteiger partial charge in [0.15, 0.2) is 5.88 Å². The minimum Gasteiger partial charge on any atom is -0.494 e. The molecule has 0 atom stereocenters. The highest BCUT2D eigenvalue weighted by molar-refractivity contribution is 5.52. The van der Waals surface area contributed by atoms with Crippen LogP contribution >= 0.6 is 0 Å². The molecule has 1 aromatic heterocycles. The highest BCUT2D eigenvalue weighted by Gasteiger charge is 2.20. The Morgan fingerprint density at radius 3 is 2.70 bits per heavy atom. The first-order chi connectivity index (χ1) is 9.45. The Bertz CT molecular complexity index is 733. The topological polar surface area (TPSA) is 112 Å². The summed E-state index contributed by atoms with van der Waals surface area (Å²) in [5, 5.41) is 38.8. The van der Waals surface area contributed by atoms with Crippen molar-refractivity contribution >= 4 is 5.69 Å². The van der Waals surface area contributed by atoms with E-state index in [9.17, 15) is 24.7 Å². The third-order valence-corrected chi connectivity index (χ3v) is 2.68. The third-order valence-electron chi connectivity index (χ3n) is 2.68. The third kappa shape index (κ3) is 2.12. The van der Waals surface area contributed by atoms with Crippen LogP contribution in [0.25, 0.3) is 5.69 Å². The van der Waals surface area contributed by atoms with Gasteiger partial charge in [-0.05, 0) is 6.07 Å². The van der Waals surface area contributed by atoms with Crippen molar-refractivity contribution in [2.24, 2.45) is 0 Å². The Morgan fingerprint density at radius 1 is 1.40 bits per heavy atom. The van der Waals surface area contributed by atoms with Gasteiger partial charge < -0.3 is 10.2 Å². The fraction of sp³-hybridized carbons (Fsp3) is 0.0833. The van der Waals surface area contributed by atoms with Crippen molar-refractivity contribution < 1.29 is 19.5 Å². The zero-order chi connectivity index (χ0) is 14.9. The lowest BCUT2D eigenvalue weighted by atomic mass is 10.2. The number of nitro benzene ring substituents is 1. The highest BCUT2D eigenvalue weighted by Crippen LogP contribution is 2.34. The number of nitriles is 1. The second kappa shape index (κ2) is 4.89. The van der Waals surface area contributed by atoms with E-state index in [2.05, 4.69) is 0 Å². The molecule has 8 heteroatoms. The molecular weight excluding hydrogens is 269 g/mol. The van der Waals surface area contributed by atoms with Crippen molar-refractivity contribution in [1.82, 2.24) is 4.57 Å². The van der Waals surface area contributed by atoms with Crippen LogP contribution in [0, 0.1) is 27.3 Å². The second-order valence-corrected chi connectivity index (χ2v) is 3.91. The summed E-state index contributed by atoms with van der Waals surface area (Å²) in [5.41, 5.74) is -0.676. The van der Waals surface area contributed by atoms with Gasteiger partial charge in [-0.2, -0.15) is 5.26 Å². The van der Waals surface area contributed by atoms with Gasteiger partial charge in [-0.1, -0.05) is 0 Å². The van der Waals surface area contributed by atoms with Gasteiger partial charge in [0.05, 0.1) is 23.1 Å². The number of rotatable bonds is 3. The Morgan fingerprint density at radius 2 is 2.10 bits per heavy atom. The van der Waals surface area contributed by atoms with Gasteiger partial charge in [0.25, 0.3) is 5.69 Å². The number of benzene rings is 1. The van der Waals surface area contributed by atoms with E-state index in [1.54, 1.807) is 6.07 Å². The van der Waals surface area contributed by atoms with Crippen LogP contribution in [-0.2, 0) is 6.42 Å². The van der Waals surface area contributed by atoms with E-state index in [0.717, 1.165) is 24.3 Å². The predicted octanol–water partition coefficient (Wildman–Crippen LogP) is 2.00. The number of nitrogens with zero attached hydrogens (tertiary/aromatic N) is 3. The average molecular weight is 277 g/mol. The van der Waals surface area contributed by atoms with Crippen LogP contribution in [-0.4, -0.2) is 19.7 Å². The average Bonchev–Trinajstić information content (AvgIpc) is 2.66. The van der Waals surface area contributed by atoms with Crippen molar-refractivity contribution in [3.8, 4) is 23.5 Å². The zero-order valence-electron chi connectivity index (χ0n) is 9.95. The molecule has 0 aliphatic carbocycles. The van der Waals surface area contributed by atoms with Gasteiger partial charge in [-0.15, -0.1) is 0 Å². The number of aromatic nitrogens is 1. The van der Waals surface area contributed by atoms with Crippen molar-refractivity contribution in [3.63, 3.8) is 0 Å². The molecule has 0 fully saturated rings. The Balaban J connectivity index is 2.65. The minimum absolute atomic E-state index is 0.0934. The van der Waals surface area contributed by atoms with E-state index in [1.165, 1.54) is 0 Å². The molecule has 2 aromatic rings. The molecule has 0 aliphatic rings. The fourth-order valence-corrected chi connectivity index (χ4v) is 1.78. The SMILES string of the molecule is N#CCc1cc(O)n(-c2cc([N+](=O)[O-])ccc2F)c1O. The molecule has 2 rings (SSSR count). The molecule has 102 valence electrons. The maximum Gasteiger partial charge on any atom is 0.271 e. The van der Waals surface area contributed by atoms with Crippen LogP contribution < -0.4 is 0 Å². The van der Waals surface area contributed by atoms with E-state index in [1.807, 2.05) is 0 Å². The Labute approximate surface area is 111 Å². The van der Waals surface area contributed by atoms with E-state index in [0.29, 0.717) is 4.57 Å². The van der Waals surface area contributed by atoms with Crippen LogP contribution in [0.15, 0.2) is 24.3 Å². The van der Waals surface area contributed by atoms with Gasteiger partial charge in [0, 0.05) is 23.8 Å². The number of hydrogen-bond donors (Lipinski definition) is 2. The monoisotopic (exact) mass is 277 g/mol.